The zero-order chi connectivity index (χ0) is 13.1. The van der Waals surface area contributed by atoms with Crippen molar-refractivity contribution in [1.82, 2.24) is 0 Å². The monoisotopic (exact) mass is 246 g/mol. The molecule has 0 bridgehead atoms. The number of nitrogens with one attached hydrogen (secondary N) is 1. The van der Waals surface area contributed by atoms with Crippen LogP contribution in [0.1, 0.15) is 36.8 Å². The molecule has 2 atom stereocenters. The Morgan fingerprint density at radius 3 is 2.83 bits per heavy atom. The summed E-state index contributed by atoms with van der Waals surface area (Å²) < 4.78 is 0. The normalized spacial score (nSPS) is 23.7. The number of benzene rings is 1. The van der Waals surface area contributed by atoms with E-state index in [-0.39, 0.29) is 17.9 Å². The lowest BCUT2D eigenvalue weighted by molar-refractivity contribution is -0.120. The van der Waals surface area contributed by atoms with E-state index < -0.39 is 0 Å². The predicted molar refractivity (Wildman–Crippen MR) is 74.5 cm³/mol. The van der Waals surface area contributed by atoms with Crippen LogP contribution in [0.25, 0.3) is 0 Å². The van der Waals surface area contributed by atoms with E-state index in [1.807, 2.05) is 26.0 Å². The van der Waals surface area contributed by atoms with Crippen LogP contribution >= 0.6 is 0 Å². The molecule has 0 aliphatic heterocycles. The lowest BCUT2D eigenvalue weighted by Crippen LogP contribution is -2.34. The quantitative estimate of drug-likeness (QED) is 0.843. The molecule has 3 nitrogen and oxygen atoms in total. The van der Waals surface area contributed by atoms with Gasteiger partial charge in [-0.05, 0) is 50.3 Å². The highest BCUT2D eigenvalue weighted by Gasteiger charge is 2.25. The van der Waals surface area contributed by atoms with Crippen molar-refractivity contribution in [3.63, 3.8) is 0 Å². The van der Waals surface area contributed by atoms with Crippen molar-refractivity contribution in [3.8, 4) is 0 Å². The minimum atomic E-state index is 0.0775. The van der Waals surface area contributed by atoms with Gasteiger partial charge in [0.2, 0.25) is 5.91 Å². The summed E-state index contributed by atoms with van der Waals surface area (Å²) in [5, 5.41) is 3.05. The number of carbonyl (C=O) groups excluding carboxylic acids is 1. The topological polar surface area (TPSA) is 55.1 Å². The minimum absolute atomic E-state index is 0.0775. The number of rotatable bonds is 2. The Balaban J connectivity index is 2.04. The zero-order valence-electron chi connectivity index (χ0n) is 11.2. The van der Waals surface area contributed by atoms with Gasteiger partial charge in [-0.25, -0.2) is 0 Å². The molecule has 3 N–H and O–H groups in total. The van der Waals surface area contributed by atoms with Crippen LogP contribution in [0.3, 0.4) is 0 Å². The van der Waals surface area contributed by atoms with Gasteiger partial charge in [0, 0.05) is 17.6 Å². The van der Waals surface area contributed by atoms with E-state index in [4.69, 9.17) is 5.73 Å². The molecule has 98 valence electrons. The van der Waals surface area contributed by atoms with Gasteiger partial charge in [-0.15, -0.1) is 0 Å². The number of hydrogen-bond donors (Lipinski definition) is 2. The molecule has 2 unspecified atom stereocenters. The molecule has 1 saturated carbocycles. The van der Waals surface area contributed by atoms with Crippen LogP contribution in [0.5, 0.6) is 0 Å². The maximum absolute atomic E-state index is 12.2. The average Bonchev–Trinajstić information content (AvgIpc) is 2.34. The number of amides is 1. The summed E-state index contributed by atoms with van der Waals surface area (Å²) in [6.07, 6.45) is 3.89. The number of carbonyl (C=O) groups is 1. The first-order valence-electron chi connectivity index (χ1n) is 6.70. The van der Waals surface area contributed by atoms with Crippen molar-refractivity contribution in [1.29, 1.82) is 0 Å². The van der Waals surface area contributed by atoms with Crippen molar-refractivity contribution in [2.75, 3.05) is 5.32 Å². The third-order valence-corrected chi connectivity index (χ3v) is 3.74. The summed E-state index contributed by atoms with van der Waals surface area (Å²) in [6.45, 7) is 4.05. The fourth-order valence-corrected chi connectivity index (χ4v) is 2.57. The number of aryl methyl sites for hydroxylation is 2. The maximum Gasteiger partial charge on any atom is 0.227 e. The van der Waals surface area contributed by atoms with Gasteiger partial charge in [0.05, 0.1) is 0 Å². The molecule has 1 aromatic carbocycles. The molecular formula is C15H22N2O. The molecule has 0 spiro atoms. The van der Waals surface area contributed by atoms with Crippen molar-refractivity contribution in [3.05, 3.63) is 29.3 Å². The minimum Gasteiger partial charge on any atom is -0.328 e. The van der Waals surface area contributed by atoms with Crippen molar-refractivity contribution in [2.24, 2.45) is 11.7 Å². The third-order valence-electron chi connectivity index (χ3n) is 3.74. The van der Waals surface area contributed by atoms with E-state index in [0.717, 1.165) is 42.5 Å². The Bertz CT molecular complexity index is 442. The summed E-state index contributed by atoms with van der Waals surface area (Å²) >= 11 is 0. The lowest BCUT2D eigenvalue weighted by atomic mass is 9.85. The van der Waals surface area contributed by atoms with Crippen molar-refractivity contribution in [2.45, 2.75) is 45.6 Å². The number of hydrogen-bond acceptors (Lipinski definition) is 2. The summed E-state index contributed by atoms with van der Waals surface area (Å²) in [5.41, 5.74) is 9.13. The third kappa shape index (κ3) is 3.10. The molecule has 0 saturated heterocycles. The molecule has 1 aromatic rings. The second-order valence-corrected chi connectivity index (χ2v) is 5.43. The van der Waals surface area contributed by atoms with Gasteiger partial charge in [0.15, 0.2) is 0 Å². The first-order valence-corrected chi connectivity index (χ1v) is 6.70. The standard InChI is InChI=1S/C15H22N2O/c1-10-6-7-11(2)14(8-10)17-15(18)12-4-3-5-13(16)9-12/h6-8,12-13H,3-5,9,16H2,1-2H3,(H,17,18). The second kappa shape index (κ2) is 5.53. The van der Waals surface area contributed by atoms with Crippen LogP contribution in [-0.4, -0.2) is 11.9 Å². The molecule has 18 heavy (non-hydrogen) atoms. The molecule has 1 amide bonds. The van der Waals surface area contributed by atoms with Crippen LogP contribution in [0.4, 0.5) is 5.69 Å². The predicted octanol–water partition coefficient (Wildman–Crippen LogP) is 2.76. The van der Waals surface area contributed by atoms with E-state index in [0.29, 0.717) is 0 Å². The molecule has 0 heterocycles. The molecule has 2 rings (SSSR count). The maximum atomic E-state index is 12.2. The Morgan fingerprint density at radius 2 is 2.11 bits per heavy atom. The zero-order valence-corrected chi connectivity index (χ0v) is 11.2. The molecule has 0 aromatic heterocycles. The Morgan fingerprint density at radius 1 is 1.33 bits per heavy atom. The summed E-state index contributed by atoms with van der Waals surface area (Å²) in [5.74, 6) is 0.201. The highest BCUT2D eigenvalue weighted by atomic mass is 16.1. The van der Waals surface area contributed by atoms with E-state index in [2.05, 4.69) is 11.4 Å². The van der Waals surface area contributed by atoms with E-state index in [9.17, 15) is 4.79 Å². The van der Waals surface area contributed by atoms with Crippen LogP contribution in [-0.2, 0) is 4.79 Å². The highest BCUT2D eigenvalue weighted by molar-refractivity contribution is 5.93. The lowest BCUT2D eigenvalue weighted by Gasteiger charge is -2.26. The smallest absolute Gasteiger partial charge is 0.227 e. The Labute approximate surface area is 109 Å². The summed E-state index contributed by atoms with van der Waals surface area (Å²) in [6, 6.07) is 6.31. The van der Waals surface area contributed by atoms with Crippen LogP contribution in [0, 0.1) is 19.8 Å². The molecule has 1 aliphatic carbocycles. The van der Waals surface area contributed by atoms with Crippen molar-refractivity contribution < 1.29 is 4.79 Å². The SMILES string of the molecule is Cc1ccc(C)c(NC(=O)C2CCCC(N)C2)c1. The number of anilines is 1. The Hall–Kier alpha value is -1.35. The first kappa shape index (κ1) is 13.1. The molecule has 1 aliphatic rings. The fraction of sp³-hybridized carbons (Fsp3) is 0.533. The van der Waals surface area contributed by atoms with Gasteiger partial charge >= 0.3 is 0 Å². The molecular weight excluding hydrogens is 224 g/mol. The number of nitrogens with two attached hydrogens (primary N) is 1. The average molecular weight is 246 g/mol. The van der Waals surface area contributed by atoms with Gasteiger partial charge in [0.25, 0.3) is 0 Å². The Kier molecular flexibility index (Phi) is 4.02. The van der Waals surface area contributed by atoms with Crippen LogP contribution < -0.4 is 11.1 Å². The van der Waals surface area contributed by atoms with E-state index in [1.54, 1.807) is 0 Å². The van der Waals surface area contributed by atoms with E-state index >= 15 is 0 Å². The molecule has 0 radical (unpaired) electrons. The summed E-state index contributed by atoms with van der Waals surface area (Å²) in [4.78, 5) is 12.2. The first-order chi connectivity index (χ1) is 8.56. The van der Waals surface area contributed by atoms with Crippen LogP contribution in [0.15, 0.2) is 18.2 Å². The van der Waals surface area contributed by atoms with Gasteiger partial charge < -0.3 is 11.1 Å². The van der Waals surface area contributed by atoms with Crippen molar-refractivity contribution >= 4 is 11.6 Å². The van der Waals surface area contributed by atoms with Gasteiger partial charge in [-0.2, -0.15) is 0 Å². The molecule has 1 fully saturated rings. The van der Waals surface area contributed by atoms with Gasteiger partial charge in [0.1, 0.15) is 0 Å². The van der Waals surface area contributed by atoms with E-state index in [1.165, 1.54) is 0 Å². The van der Waals surface area contributed by atoms with Gasteiger partial charge in [-0.1, -0.05) is 18.6 Å². The second-order valence-electron chi connectivity index (χ2n) is 5.43. The molecule has 3 heteroatoms. The summed E-state index contributed by atoms with van der Waals surface area (Å²) in [7, 11) is 0. The van der Waals surface area contributed by atoms with Gasteiger partial charge in [-0.3, -0.25) is 4.79 Å². The van der Waals surface area contributed by atoms with Crippen LogP contribution in [0.2, 0.25) is 0 Å². The largest absolute Gasteiger partial charge is 0.328 e. The highest BCUT2D eigenvalue weighted by Crippen LogP contribution is 2.25. The fourth-order valence-electron chi connectivity index (χ4n) is 2.57.